The fourth-order valence-corrected chi connectivity index (χ4v) is 7.58. The van der Waals surface area contributed by atoms with Crippen LogP contribution in [0.3, 0.4) is 0 Å². The molecular formula is C28H39FO3. The quantitative estimate of drug-likeness (QED) is 0.495. The first-order chi connectivity index (χ1) is 15.3. The number of carboxylic acids is 1. The molecule has 32 heavy (non-hydrogen) atoms. The van der Waals surface area contributed by atoms with Gasteiger partial charge in [0.2, 0.25) is 0 Å². The molecule has 0 aliphatic heterocycles. The zero-order valence-corrected chi connectivity index (χ0v) is 19.7. The number of benzene rings is 1. The number of ether oxygens (including phenoxy) is 1. The molecule has 4 aliphatic carbocycles. The molecule has 0 saturated heterocycles. The maximum absolute atomic E-state index is 15.2. The van der Waals surface area contributed by atoms with Gasteiger partial charge in [0.05, 0.1) is 12.5 Å². The summed E-state index contributed by atoms with van der Waals surface area (Å²) in [5.74, 6) is 2.47. The molecule has 3 nitrogen and oxygen atoms in total. The van der Waals surface area contributed by atoms with Gasteiger partial charge in [0.1, 0.15) is 11.6 Å². The third-order valence-corrected chi connectivity index (χ3v) is 8.93. The van der Waals surface area contributed by atoms with Crippen molar-refractivity contribution in [2.24, 2.45) is 35.0 Å². The van der Waals surface area contributed by atoms with Crippen LogP contribution < -0.4 is 4.74 Å². The molecule has 5 rings (SSSR count). The fraction of sp³-hybridized carbons (Fsp3) is 0.750. The molecule has 0 amide bonds. The Kier molecular flexibility index (Phi) is 6.01. The Morgan fingerprint density at radius 2 is 1.84 bits per heavy atom. The predicted molar refractivity (Wildman–Crippen MR) is 123 cm³/mol. The smallest absolute Gasteiger partial charge is 0.306 e. The summed E-state index contributed by atoms with van der Waals surface area (Å²) in [5, 5.41) is 9.51. The SMILES string of the molecule is CC1CC2CC(C1)CC(C)(COc1cc(F)c(C[C@@H]3CCC[C@H]3C(=O)O)cc1C1CC1)C2. The van der Waals surface area contributed by atoms with Crippen molar-refractivity contribution in [1.82, 2.24) is 0 Å². The Morgan fingerprint density at radius 3 is 2.50 bits per heavy atom. The lowest BCUT2D eigenvalue weighted by atomic mass is 9.60. The van der Waals surface area contributed by atoms with Crippen molar-refractivity contribution in [3.8, 4) is 5.75 Å². The number of hydrogen-bond acceptors (Lipinski definition) is 2. The Balaban J connectivity index is 1.30. The lowest BCUT2D eigenvalue weighted by molar-refractivity contribution is -0.142. The molecule has 4 saturated carbocycles. The second kappa shape index (κ2) is 8.65. The Hall–Kier alpha value is -1.58. The highest BCUT2D eigenvalue weighted by atomic mass is 19.1. The first kappa shape index (κ1) is 22.2. The second-order valence-corrected chi connectivity index (χ2v) is 12.1. The first-order valence-electron chi connectivity index (χ1n) is 13.0. The molecule has 0 radical (unpaired) electrons. The van der Waals surface area contributed by atoms with E-state index in [1.807, 2.05) is 6.07 Å². The summed E-state index contributed by atoms with van der Waals surface area (Å²) in [5.41, 5.74) is 2.02. The third kappa shape index (κ3) is 4.70. The monoisotopic (exact) mass is 442 g/mol. The molecule has 1 aromatic carbocycles. The van der Waals surface area contributed by atoms with Gasteiger partial charge in [-0.3, -0.25) is 4.79 Å². The fourth-order valence-electron chi connectivity index (χ4n) is 7.58. The molecule has 0 aromatic heterocycles. The number of rotatable bonds is 7. The zero-order valence-electron chi connectivity index (χ0n) is 19.7. The van der Waals surface area contributed by atoms with Crippen LogP contribution in [0.2, 0.25) is 0 Å². The molecule has 1 N–H and O–H groups in total. The second-order valence-electron chi connectivity index (χ2n) is 12.1. The molecule has 176 valence electrons. The Bertz CT molecular complexity index is 842. The third-order valence-electron chi connectivity index (χ3n) is 8.93. The van der Waals surface area contributed by atoms with Crippen molar-refractivity contribution in [2.75, 3.05) is 6.61 Å². The van der Waals surface area contributed by atoms with E-state index in [4.69, 9.17) is 4.74 Å². The number of halogens is 1. The van der Waals surface area contributed by atoms with Crippen LogP contribution in [0, 0.1) is 40.8 Å². The van der Waals surface area contributed by atoms with Crippen LogP contribution in [0.25, 0.3) is 0 Å². The van der Waals surface area contributed by atoms with Gasteiger partial charge in [-0.15, -0.1) is 0 Å². The molecule has 0 spiro atoms. The average Bonchev–Trinajstić information content (AvgIpc) is 3.44. The van der Waals surface area contributed by atoms with E-state index < -0.39 is 5.97 Å². The summed E-state index contributed by atoms with van der Waals surface area (Å²) in [6.07, 6.45) is 11.9. The van der Waals surface area contributed by atoms with E-state index >= 15 is 4.39 Å². The minimum atomic E-state index is -0.727. The summed E-state index contributed by atoms with van der Waals surface area (Å²) in [6.45, 7) is 5.45. The number of fused-ring (bicyclic) bond motifs is 2. The van der Waals surface area contributed by atoms with Crippen molar-refractivity contribution in [3.63, 3.8) is 0 Å². The largest absolute Gasteiger partial charge is 0.493 e. The van der Waals surface area contributed by atoms with E-state index in [1.165, 1.54) is 32.1 Å². The van der Waals surface area contributed by atoms with Gasteiger partial charge in [-0.1, -0.05) is 20.3 Å². The van der Waals surface area contributed by atoms with Crippen LogP contribution in [0.15, 0.2) is 12.1 Å². The minimum absolute atomic E-state index is 0.0452. The molecule has 4 atom stereocenters. The van der Waals surface area contributed by atoms with E-state index in [0.717, 1.165) is 61.2 Å². The summed E-state index contributed by atoms with van der Waals surface area (Å²) in [7, 11) is 0. The normalized spacial score (nSPS) is 36.8. The summed E-state index contributed by atoms with van der Waals surface area (Å²) in [4.78, 5) is 11.6. The van der Waals surface area contributed by atoms with Gasteiger partial charge in [0.15, 0.2) is 0 Å². The molecule has 2 bridgehead atoms. The van der Waals surface area contributed by atoms with Crippen LogP contribution in [-0.4, -0.2) is 17.7 Å². The lowest BCUT2D eigenvalue weighted by Gasteiger charge is -2.47. The summed E-state index contributed by atoms with van der Waals surface area (Å²) in [6, 6.07) is 3.63. The summed E-state index contributed by atoms with van der Waals surface area (Å²) < 4.78 is 21.6. The Morgan fingerprint density at radius 1 is 1.12 bits per heavy atom. The average molecular weight is 443 g/mol. The van der Waals surface area contributed by atoms with Crippen molar-refractivity contribution < 1.29 is 19.0 Å². The summed E-state index contributed by atoms with van der Waals surface area (Å²) >= 11 is 0. The van der Waals surface area contributed by atoms with Crippen molar-refractivity contribution >= 4 is 5.97 Å². The maximum atomic E-state index is 15.2. The first-order valence-corrected chi connectivity index (χ1v) is 13.0. The van der Waals surface area contributed by atoms with E-state index in [-0.39, 0.29) is 23.1 Å². The molecular weight excluding hydrogens is 403 g/mol. The lowest BCUT2D eigenvalue weighted by Crippen LogP contribution is -2.39. The van der Waals surface area contributed by atoms with E-state index in [0.29, 0.717) is 24.5 Å². The van der Waals surface area contributed by atoms with Gasteiger partial charge in [-0.2, -0.15) is 0 Å². The minimum Gasteiger partial charge on any atom is -0.493 e. The number of aliphatic carboxylic acids is 1. The highest BCUT2D eigenvalue weighted by Crippen LogP contribution is 2.51. The predicted octanol–water partition coefficient (Wildman–Crippen LogP) is 6.98. The highest BCUT2D eigenvalue weighted by molar-refractivity contribution is 5.70. The van der Waals surface area contributed by atoms with Crippen molar-refractivity contribution in [2.45, 2.75) is 90.4 Å². The van der Waals surface area contributed by atoms with E-state index in [9.17, 15) is 9.90 Å². The van der Waals surface area contributed by atoms with Gasteiger partial charge >= 0.3 is 5.97 Å². The molecule has 1 aromatic rings. The van der Waals surface area contributed by atoms with Crippen LogP contribution in [0.5, 0.6) is 5.75 Å². The maximum Gasteiger partial charge on any atom is 0.306 e. The number of hydrogen-bond donors (Lipinski definition) is 1. The topological polar surface area (TPSA) is 46.5 Å². The van der Waals surface area contributed by atoms with Crippen molar-refractivity contribution in [3.05, 3.63) is 29.1 Å². The number of carboxylic acid groups (broad SMARTS) is 1. The van der Waals surface area contributed by atoms with Gasteiger partial charge in [-0.05, 0) is 111 Å². The molecule has 2 unspecified atom stereocenters. The van der Waals surface area contributed by atoms with Crippen LogP contribution in [-0.2, 0) is 11.2 Å². The van der Waals surface area contributed by atoms with E-state index in [2.05, 4.69) is 13.8 Å². The highest BCUT2D eigenvalue weighted by Gasteiger charge is 2.42. The standard InChI is InChI=1S/C28H39FO3/c1-17-8-18-10-19(9-17)15-28(2,14-18)16-32-26-13-25(29)22(12-24(26)20-6-7-20)11-21-4-3-5-23(21)27(30)31/h12-13,17-21,23H,3-11,14-16H2,1-2H3,(H,30,31)/t17?,18?,19?,21-,23+,28?/m0/s1. The van der Waals surface area contributed by atoms with Gasteiger partial charge in [0, 0.05) is 11.5 Å². The van der Waals surface area contributed by atoms with Gasteiger partial charge < -0.3 is 9.84 Å². The molecule has 4 heteroatoms. The van der Waals surface area contributed by atoms with Crippen LogP contribution in [0.1, 0.15) is 95.1 Å². The molecule has 0 heterocycles. The molecule has 4 aliphatic rings. The van der Waals surface area contributed by atoms with Gasteiger partial charge in [0.25, 0.3) is 0 Å². The Labute approximate surface area is 192 Å². The van der Waals surface area contributed by atoms with Gasteiger partial charge in [-0.25, -0.2) is 4.39 Å². The molecule has 4 fully saturated rings. The number of carbonyl (C=O) groups is 1. The van der Waals surface area contributed by atoms with Crippen molar-refractivity contribution in [1.29, 1.82) is 0 Å². The van der Waals surface area contributed by atoms with E-state index in [1.54, 1.807) is 6.07 Å². The van der Waals surface area contributed by atoms with Crippen LogP contribution in [0.4, 0.5) is 4.39 Å². The zero-order chi connectivity index (χ0) is 22.5. The van der Waals surface area contributed by atoms with Crippen LogP contribution >= 0.6 is 0 Å².